The van der Waals surface area contributed by atoms with Gasteiger partial charge in [0.15, 0.2) is 0 Å². The van der Waals surface area contributed by atoms with Gasteiger partial charge in [-0.05, 0) is 20.8 Å². The second-order valence-corrected chi connectivity index (χ2v) is 5.51. The van der Waals surface area contributed by atoms with Crippen LogP contribution in [0, 0.1) is 5.92 Å². The lowest BCUT2D eigenvalue weighted by Crippen LogP contribution is -2.51. The molecule has 0 aliphatic carbocycles. The van der Waals surface area contributed by atoms with Crippen LogP contribution in [0.2, 0.25) is 0 Å². The number of likely N-dealkylation sites (tertiary alicyclic amines) is 1. The molecule has 0 aromatic rings. The van der Waals surface area contributed by atoms with Crippen LogP contribution >= 0.6 is 0 Å². The summed E-state index contributed by atoms with van der Waals surface area (Å²) >= 11 is 0. The Bertz CT molecular complexity index is 272. The van der Waals surface area contributed by atoms with Crippen molar-refractivity contribution in [1.29, 1.82) is 0 Å². The van der Waals surface area contributed by atoms with Crippen LogP contribution in [0.5, 0.6) is 0 Å². The molecule has 2 rings (SSSR count). The van der Waals surface area contributed by atoms with Gasteiger partial charge in [0.2, 0.25) is 0 Å². The SMILES string of the molecule is CC(C)(C)OC(=O)N1C[C@@H]2CO[C@H](C1)[C@H]2O. The summed E-state index contributed by atoms with van der Waals surface area (Å²) in [6.07, 6.45) is -0.996. The fourth-order valence-corrected chi connectivity index (χ4v) is 2.12. The highest BCUT2D eigenvalue weighted by atomic mass is 16.6. The number of aliphatic hydroxyl groups is 1. The number of fused-ring (bicyclic) bond motifs is 2. The zero-order valence-electron chi connectivity index (χ0n) is 9.97. The van der Waals surface area contributed by atoms with Crippen LogP contribution in [-0.4, -0.2) is 53.6 Å². The molecule has 2 fully saturated rings. The van der Waals surface area contributed by atoms with Crippen LogP contribution in [0.1, 0.15) is 20.8 Å². The van der Waals surface area contributed by atoms with Crippen molar-refractivity contribution in [3.63, 3.8) is 0 Å². The Morgan fingerprint density at radius 2 is 2.12 bits per heavy atom. The van der Waals surface area contributed by atoms with Gasteiger partial charge in [-0.25, -0.2) is 4.79 Å². The van der Waals surface area contributed by atoms with Crippen LogP contribution in [0.3, 0.4) is 0 Å². The minimum atomic E-state index is -0.479. The van der Waals surface area contributed by atoms with Gasteiger partial charge in [0.05, 0.1) is 19.3 Å². The van der Waals surface area contributed by atoms with Crippen molar-refractivity contribution in [2.45, 2.75) is 38.6 Å². The summed E-state index contributed by atoms with van der Waals surface area (Å²) in [7, 11) is 0. The Kier molecular flexibility index (Phi) is 2.84. The third kappa shape index (κ3) is 2.30. The quantitative estimate of drug-likeness (QED) is 0.661. The molecule has 0 unspecified atom stereocenters. The first-order valence-corrected chi connectivity index (χ1v) is 5.64. The van der Waals surface area contributed by atoms with E-state index in [0.29, 0.717) is 19.7 Å². The molecular formula is C11H19NO4. The minimum Gasteiger partial charge on any atom is -0.444 e. The third-order valence-corrected chi connectivity index (χ3v) is 2.90. The van der Waals surface area contributed by atoms with Crippen LogP contribution in [0.4, 0.5) is 4.79 Å². The van der Waals surface area contributed by atoms with Gasteiger partial charge in [-0.2, -0.15) is 0 Å². The van der Waals surface area contributed by atoms with E-state index in [1.165, 1.54) is 0 Å². The van der Waals surface area contributed by atoms with Gasteiger partial charge >= 0.3 is 6.09 Å². The van der Waals surface area contributed by atoms with Gasteiger partial charge in [-0.15, -0.1) is 0 Å². The lowest BCUT2D eigenvalue weighted by atomic mass is 9.97. The van der Waals surface area contributed by atoms with E-state index >= 15 is 0 Å². The van der Waals surface area contributed by atoms with E-state index < -0.39 is 11.7 Å². The number of hydrogen-bond donors (Lipinski definition) is 1. The van der Waals surface area contributed by atoms with Gasteiger partial charge in [-0.3, -0.25) is 0 Å². The van der Waals surface area contributed by atoms with Crippen LogP contribution in [0.25, 0.3) is 0 Å². The summed E-state index contributed by atoms with van der Waals surface area (Å²) in [5.41, 5.74) is -0.479. The first-order valence-electron chi connectivity index (χ1n) is 5.64. The number of rotatable bonds is 0. The molecule has 1 N–H and O–H groups in total. The lowest BCUT2D eigenvalue weighted by molar-refractivity contribution is -0.0251. The lowest BCUT2D eigenvalue weighted by Gasteiger charge is -2.34. The summed E-state index contributed by atoms with van der Waals surface area (Å²) in [6, 6.07) is 0. The summed E-state index contributed by atoms with van der Waals surface area (Å²) in [4.78, 5) is 13.4. The van der Waals surface area contributed by atoms with Crippen molar-refractivity contribution in [2.24, 2.45) is 5.92 Å². The highest BCUT2D eigenvalue weighted by Crippen LogP contribution is 2.28. The maximum Gasteiger partial charge on any atom is 0.410 e. The van der Waals surface area contributed by atoms with E-state index in [-0.39, 0.29) is 18.1 Å². The number of carbonyl (C=O) groups excluding carboxylic acids is 1. The number of carbonyl (C=O) groups is 1. The molecule has 0 saturated carbocycles. The highest BCUT2D eigenvalue weighted by molar-refractivity contribution is 5.68. The Balaban J connectivity index is 1.95. The van der Waals surface area contributed by atoms with Crippen LogP contribution in [0.15, 0.2) is 0 Å². The maximum atomic E-state index is 11.8. The molecule has 2 heterocycles. The fraction of sp³-hybridized carbons (Fsp3) is 0.909. The molecule has 2 bridgehead atoms. The molecule has 2 aliphatic rings. The second kappa shape index (κ2) is 3.89. The van der Waals surface area contributed by atoms with Gasteiger partial charge in [-0.1, -0.05) is 0 Å². The molecule has 3 atom stereocenters. The van der Waals surface area contributed by atoms with Crippen LogP contribution in [-0.2, 0) is 9.47 Å². The highest BCUT2D eigenvalue weighted by Gasteiger charge is 2.44. The minimum absolute atomic E-state index is 0.0336. The first-order chi connectivity index (χ1) is 7.37. The van der Waals surface area contributed by atoms with Crippen molar-refractivity contribution >= 4 is 6.09 Å². The Morgan fingerprint density at radius 3 is 2.69 bits per heavy atom. The maximum absolute atomic E-state index is 11.8. The van der Waals surface area contributed by atoms with Crippen LogP contribution < -0.4 is 0 Å². The zero-order valence-corrected chi connectivity index (χ0v) is 9.97. The van der Waals surface area contributed by atoms with Crippen molar-refractivity contribution in [1.82, 2.24) is 4.90 Å². The largest absolute Gasteiger partial charge is 0.444 e. The molecule has 1 amide bonds. The van der Waals surface area contributed by atoms with E-state index in [1.807, 2.05) is 20.8 Å². The van der Waals surface area contributed by atoms with E-state index in [4.69, 9.17) is 9.47 Å². The van der Waals surface area contributed by atoms with E-state index in [0.717, 1.165) is 0 Å². The van der Waals surface area contributed by atoms with E-state index in [1.54, 1.807) is 4.90 Å². The molecule has 5 nitrogen and oxygen atoms in total. The second-order valence-electron chi connectivity index (χ2n) is 5.51. The molecule has 16 heavy (non-hydrogen) atoms. The average Bonchev–Trinajstić information content (AvgIpc) is 2.38. The summed E-state index contributed by atoms with van der Waals surface area (Å²) < 4.78 is 10.7. The number of piperidine rings is 1. The number of ether oxygens (including phenoxy) is 2. The number of amides is 1. The fourth-order valence-electron chi connectivity index (χ4n) is 2.12. The van der Waals surface area contributed by atoms with Crippen molar-refractivity contribution in [3.8, 4) is 0 Å². The molecule has 0 spiro atoms. The summed E-state index contributed by atoms with van der Waals surface area (Å²) in [6.45, 7) is 7.00. The average molecular weight is 229 g/mol. The van der Waals surface area contributed by atoms with Gasteiger partial charge in [0.25, 0.3) is 0 Å². The summed E-state index contributed by atoms with van der Waals surface area (Å²) in [5.74, 6) is 0.0336. The molecule has 5 heteroatoms. The normalized spacial score (nSPS) is 34.0. The molecule has 0 radical (unpaired) electrons. The monoisotopic (exact) mass is 229 g/mol. The van der Waals surface area contributed by atoms with E-state index in [2.05, 4.69) is 0 Å². The zero-order chi connectivity index (χ0) is 11.9. The first kappa shape index (κ1) is 11.7. The van der Waals surface area contributed by atoms with Gasteiger partial charge in [0.1, 0.15) is 11.7 Å². The third-order valence-electron chi connectivity index (χ3n) is 2.90. The van der Waals surface area contributed by atoms with Gasteiger partial charge in [0, 0.05) is 12.5 Å². The van der Waals surface area contributed by atoms with Crippen molar-refractivity contribution in [3.05, 3.63) is 0 Å². The van der Waals surface area contributed by atoms with E-state index in [9.17, 15) is 9.90 Å². The standard InChI is InChI=1S/C11H19NO4/c1-11(2,3)16-10(14)12-4-7-6-15-8(5-12)9(7)13/h7-9,13H,4-6H2,1-3H3/t7-,8-,9+/m1/s1. The van der Waals surface area contributed by atoms with Gasteiger partial charge < -0.3 is 19.5 Å². The predicted octanol–water partition coefficient (Wildman–Crippen LogP) is 0.613. The molecule has 92 valence electrons. The smallest absolute Gasteiger partial charge is 0.410 e. The molecule has 2 aliphatic heterocycles. The Hall–Kier alpha value is -0.810. The number of aliphatic hydroxyl groups excluding tert-OH is 1. The van der Waals surface area contributed by atoms with Crippen molar-refractivity contribution < 1.29 is 19.4 Å². The number of hydrogen-bond acceptors (Lipinski definition) is 4. The molecular weight excluding hydrogens is 210 g/mol. The topological polar surface area (TPSA) is 59.0 Å². The predicted molar refractivity (Wildman–Crippen MR) is 57.0 cm³/mol. The molecule has 0 aromatic carbocycles. The molecule has 2 saturated heterocycles. The Morgan fingerprint density at radius 1 is 1.44 bits per heavy atom. The number of nitrogens with zero attached hydrogens (tertiary/aromatic N) is 1. The summed E-state index contributed by atoms with van der Waals surface area (Å²) in [5, 5.41) is 9.74. The molecule has 0 aromatic heterocycles. The Labute approximate surface area is 95.3 Å². The van der Waals surface area contributed by atoms with Crippen molar-refractivity contribution in [2.75, 3.05) is 19.7 Å².